The molecule has 7 rings (SSSR count). The summed E-state index contributed by atoms with van der Waals surface area (Å²) < 4.78 is 16.2. The fourth-order valence-corrected chi connectivity index (χ4v) is 6.40. The molecule has 0 saturated heterocycles. The second kappa shape index (κ2) is 7.39. The molecule has 32 heavy (non-hydrogen) atoms. The van der Waals surface area contributed by atoms with E-state index in [2.05, 4.69) is 47.6 Å². The van der Waals surface area contributed by atoms with Crippen LogP contribution in [0.4, 0.5) is 4.39 Å². The van der Waals surface area contributed by atoms with Crippen LogP contribution >= 0.6 is 0 Å². The number of aromatic nitrogens is 5. The smallest absolute Gasteiger partial charge is 0.164 e. The quantitative estimate of drug-likeness (QED) is 0.412. The van der Waals surface area contributed by atoms with Crippen molar-refractivity contribution in [1.82, 2.24) is 24.5 Å². The predicted octanol–water partition coefficient (Wildman–Crippen LogP) is 6.31. The summed E-state index contributed by atoms with van der Waals surface area (Å²) in [5.41, 5.74) is 3.56. The van der Waals surface area contributed by atoms with Gasteiger partial charge in [-0.3, -0.25) is 0 Å². The van der Waals surface area contributed by atoms with Crippen LogP contribution in [0.5, 0.6) is 0 Å². The van der Waals surface area contributed by atoms with Crippen LogP contribution in [0.3, 0.4) is 0 Å². The molecule has 4 heterocycles. The van der Waals surface area contributed by atoms with E-state index in [1.807, 2.05) is 6.20 Å². The van der Waals surface area contributed by atoms with E-state index in [4.69, 9.17) is 9.97 Å². The summed E-state index contributed by atoms with van der Waals surface area (Å²) in [6.07, 6.45) is 11.7. The fraction of sp³-hybridized carbons (Fsp3) is 0.500. The number of nitrogens with one attached hydrogen (secondary N) is 1. The minimum atomic E-state index is -0.350. The van der Waals surface area contributed by atoms with Gasteiger partial charge >= 0.3 is 0 Å². The number of aromatic amines is 1. The van der Waals surface area contributed by atoms with E-state index in [1.165, 1.54) is 37.9 Å². The van der Waals surface area contributed by atoms with Crippen molar-refractivity contribution in [3.63, 3.8) is 0 Å². The molecule has 0 spiro atoms. The maximum absolute atomic E-state index is 14.0. The second-order valence-electron chi connectivity index (χ2n) is 10.2. The molecule has 3 aliphatic carbocycles. The van der Waals surface area contributed by atoms with Gasteiger partial charge in [0.2, 0.25) is 0 Å². The van der Waals surface area contributed by atoms with Gasteiger partial charge in [-0.05, 0) is 81.8 Å². The molecule has 4 aromatic rings. The van der Waals surface area contributed by atoms with Crippen molar-refractivity contribution >= 4 is 22.1 Å². The van der Waals surface area contributed by atoms with Crippen LogP contribution in [0.25, 0.3) is 33.5 Å². The number of rotatable bonds is 4. The van der Waals surface area contributed by atoms with Gasteiger partial charge in [-0.25, -0.2) is 19.3 Å². The lowest BCUT2D eigenvalue weighted by Crippen LogP contribution is -2.39. The lowest BCUT2D eigenvalue weighted by atomic mass is 9.58. The van der Waals surface area contributed by atoms with Gasteiger partial charge in [-0.1, -0.05) is 6.92 Å². The van der Waals surface area contributed by atoms with Gasteiger partial charge < -0.3 is 9.55 Å². The van der Waals surface area contributed by atoms with E-state index in [0.717, 1.165) is 51.9 Å². The molecule has 3 saturated carbocycles. The van der Waals surface area contributed by atoms with Crippen molar-refractivity contribution in [2.24, 2.45) is 23.7 Å². The lowest BCUT2D eigenvalue weighted by Gasteiger charge is -2.47. The second-order valence-corrected chi connectivity index (χ2v) is 10.2. The fourth-order valence-electron chi connectivity index (χ4n) is 6.40. The molecular weight excluding hydrogens is 401 g/mol. The Morgan fingerprint density at radius 3 is 2.66 bits per heavy atom. The maximum atomic E-state index is 14.0. The first kappa shape index (κ1) is 19.9. The monoisotopic (exact) mass is 431 g/mol. The van der Waals surface area contributed by atoms with Gasteiger partial charge in [0.05, 0.1) is 11.9 Å². The Kier molecular flexibility index (Phi) is 4.60. The van der Waals surface area contributed by atoms with Crippen molar-refractivity contribution in [2.45, 2.75) is 58.9 Å². The van der Waals surface area contributed by atoms with Crippen LogP contribution < -0.4 is 0 Å². The summed E-state index contributed by atoms with van der Waals surface area (Å²) in [7, 11) is 0. The molecular formula is C26H30FN5. The average molecular weight is 432 g/mol. The van der Waals surface area contributed by atoms with Crippen LogP contribution in [-0.4, -0.2) is 24.5 Å². The molecule has 4 aromatic heterocycles. The van der Waals surface area contributed by atoms with Gasteiger partial charge in [0, 0.05) is 34.8 Å². The number of halogens is 1. The van der Waals surface area contributed by atoms with Crippen molar-refractivity contribution < 1.29 is 4.39 Å². The third kappa shape index (κ3) is 3.06. The molecule has 2 unspecified atom stereocenters. The van der Waals surface area contributed by atoms with E-state index in [0.29, 0.717) is 23.4 Å². The summed E-state index contributed by atoms with van der Waals surface area (Å²) >= 11 is 0. The summed E-state index contributed by atoms with van der Waals surface area (Å²) in [4.78, 5) is 17.4. The number of nitrogens with zero attached hydrogens (tertiary/aromatic N) is 4. The Morgan fingerprint density at radius 1 is 1.12 bits per heavy atom. The predicted molar refractivity (Wildman–Crippen MR) is 125 cm³/mol. The number of fused-ring (bicyclic) bond motifs is 5. The SMILES string of the molecule is CC1C2CCC(CC2)C1Cc1nc(-c2c[nH]c3ncc(F)cc23)nc2c1ccn2C(C)C. The van der Waals surface area contributed by atoms with E-state index in [1.54, 1.807) is 0 Å². The van der Waals surface area contributed by atoms with Crippen LogP contribution in [-0.2, 0) is 6.42 Å². The van der Waals surface area contributed by atoms with E-state index in [-0.39, 0.29) is 5.82 Å². The maximum Gasteiger partial charge on any atom is 0.164 e. The lowest BCUT2D eigenvalue weighted by molar-refractivity contribution is 0.0341. The topological polar surface area (TPSA) is 59.4 Å². The van der Waals surface area contributed by atoms with Crippen LogP contribution in [0, 0.1) is 29.5 Å². The molecule has 6 heteroatoms. The molecule has 2 bridgehead atoms. The third-order valence-electron chi connectivity index (χ3n) is 8.22. The molecule has 1 N–H and O–H groups in total. The Bertz CT molecular complexity index is 1290. The Hall–Kier alpha value is -2.76. The molecule has 0 amide bonds. The molecule has 3 aliphatic rings. The number of hydrogen-bond donors (Lipinski definition) is 1. The van der Waals surface area contributed by atoms with Crippen LogP contribution in [0.2, 0.25) is 0 Å². The van der Waals surface area contributed by atoms with E-state index < -0.39 is 0 Å². The van der Waals surface area contributed by atoms with Crippen LogP contribution in [0.1, 0.15) is 58.2 Å². The number of pyridine rings is 1. The number of H-pyrrole nitrogens is 1. The summed E-state index contributed by atoms with van der Waals surface area (Å²) in [6.45, 7) is 6.80. The Morgan fingerprint density at radius 2 is 1.91 bits per heavy atom. The van der Waals surface area contributed by atoms with Gasteiger partial charge in [0.15, 0.2) is 5.82 Å². The van der Waals surface area contributed by atoms with Crippen molar-refractivity contribution in [1.29, 1.82) is 0 Å². The molecule has 3 fully saturated rings. The first-order valence-corrected chi connectivity index (χ1v) is 12.0. The molecule has 2 atom stereocenters. The highest BCUT2D eigenvalue weighted by Gasteiger charge is 2.41. The molecule has 166 valence electrons. The highest BCUT2D eigenvalue weighted by molar-refractivity contribution is 5.93. The zero-order valence-electron chi connectivity index (χ0n) is 19.0. The number of hydrogen-bond acceptors (Lipinski definition) is 3. The largest absolute Gasteiger partial charge is 0.345 e. The Balaban J connectivity index is 1.51. The average Bonchev–Trinajstić information content (AvgIpc) is 3.40. The van der Waals surface area contributed by atoms with E-state index in [9.17, 15) is 4.39 Å². The van der Waals surface area contributed by atoms with Gasteiger partial charge in [0.1, 0.15) is 17.1 Å². The standard InChI is InChI=1S/C26H30FN5/c1-14(2)32-9-8-19-23(11-20-15(3)16-4-6-17(20)7-5-16)30-25(31-26(19)32)22-13-29-24-21(22)10-18(27)12-28-24/h8-10,12-17,20H,4-7,11H2,1-3H3,(H,28,29). The van der Waals surface area contributed by atoms with Crippen molar-refractivity contribution in [3.05, 3.63) is 42.2 Å². The minimum absolute atomic E-state index is 0.301. The zero-order valence-corrected chi connectivity index (χ0v) is 19.0. The molecule has 5 nitrogen and oxygen atoms in total. The normalized spacial score (nSPS) is 25.4. The molecule has 0 aliphatic heterocycles. The highest BCUT2D eigenvalue weighted by Crippen LogP contribution is 2.50. The zero-order chi connectivity index (χ0) is 22.0. The van der Waals surface area contributed by atoms with Crippen LogP contribution in [0.15, 0.2) is 30.7 Å². The van der Waals surface area contributed by atoms with Gasteiger partial charge in [-0.15, -0.1) is 0 Å². The van der Waals surface area contributed by atoms with Gasteiger partial charge in [-0.2, -0.15) is 0 Å². The summed E-state index contributed by atoms with van der Waals surface area (Å²) in [5.74, 6) is 3.40. The molecule has 0 aromatic carbocycles. The summed E-state index contributed by atoms with van der Waals surface area (Å²) in [5, 5.41) is 1.88. The first-order valence-electron chi connectivity index (χ1n) is 12.0. The van der Waals surface area contributed by atoms with Crippen molar-refractivity contribution in [2.75, 3.05) is 0 Å². The summed E-state index contributed by atoms with van der Waals surface area (Å²) in [6, 6.07) is 4.00. The Labute approximate surface area is 187 Å². The van der Waals surface area contributed by atoms with Crippen molar-refractivity contribution in [3.8, 4) is 11.4 Å². The molecule has 0 radical (unpaired) electrons. The first-order chi connectivity index (χ1) is 15.5. The minimum Gasteiger partial charge on any atom is -0.345 e. The highest BCUT2D eigenvalue weighted by atomic mass is 19.1. The van der Waals surface area contributed by atoms with E-state index >= 15 is 0 Å². The van der Waals surface area contributed by atoms with Gasteiger partial charge in [0.25, 0.3) is 0 Å². The third-order valence-corrected chi connectivity index (χ3v) is 8.22.